The topological polar surface area (TPSA) is 92.4 Å². The van der Waals surface area contributed by atoms with Gasteiger partial charge in [0.25, 0.3) is 5.91 Å². The van der Waals surface area contributed by atoms with Crippen LogP contribution in [0.2, 0.25) is 5.02 Å². The minimum Gasteiger partial charge on any atom is -0.479 e. The van der Waals surface area contributed by atoms with E-state index >= 15 is 0 Å². The lowest BCUT2D eigenvalue weighted by Gasteiger charge is -2.18. The molecule has 2 aromatic carbocycles. The van der Waals surface area contributed by atoms with Gasteiger partial charge in [0.2, 0.25) is 0 Å². The lowest BCUT2D eigenvalue weighted by atomic mass is 10.1. The fourth-order valence-corrected chi connectivity index (χ4v) is 2.11. The fraction of sp³-hybridized carbons (Fsp3) is 0.0667. The quantitative estimate of drug-likeness (QED) is 0.792. The van der Waals surface area contributed by atoms with Gasteiger partial charge in [-0.05, 0) is 23.8 Å². The molecule has 0 aliphatic heterocycles. The first-order valence-corrected chi connectivity index (χ1v) is 6.50. The molecule has 0 saturated heterocycles. The third-order valence-electron chi connectivity index (χ3n) is 2.93. The minimum atomic E-state index is -1.07. The van der Waals surface area contributed by atoms with Gasteiger partial charge in [-0.1, -0.05) is 41.9 Å². The molecule has 0 heterocycles. The van der Waals surface area contributed by atoms with Crippen molar-refractivity contribution < 1.29 is 14.7 Å². The molecule has 0 fully saturated rings. The number of anilines is 1. The summed E-state index contributed by atoms with van der Waals surface area (Å²) < 4.78 is 0. The van der Waals surface area contributed by atoms with Crippen LogP contribution >= 0.6 is 11.6 Å². The Morgan fingerprint density at radius 3 is 2.38 bits per heavy atom. The van der Waals surface area contributed by atoms with E-state index in [9.17, 15) is 14.7 Å². The van der Waals surface area contributed by atoms with Gasteiger partial charge in [-0.2, -0.15) is 0 Å². The van der Waals surface area contributed by atoms with Crippen molar-refractivity contribution >= 4 is 29.2 Å². The van der Waals surface area contributed by atoms with E-state index in [4.69, 9.17) is 17.3 Å². The zero-order chi connectivity index (χ0) is 15.4. The molecule has 4 N–H and O–H groups in total. The Morgan fingerprint density at radius 1 is 1.14 bits per heavy atom. The van der Waals surface area contributed by atoms with Gasteiger partial charge < -0.3 is 16.2 Å². The first kappa shape index (κ1) is 14.9. The van der Waals surface area contributed by atoms with E-state index in [1.807, 2.05) is 0 Å². The largest absolute Gasteiger partial charge is 0.479 e. The van der Waals surface area contributed by atoms with Crippen molar-refractivity contribution in [3.8, 4) is 0 Å². The van der Waals surface area contributed by atoms with Crippen LogP contribution in [0.15, 0.2) is 48.5 Å². The van der Waals surface area contributed by atoms with Gasteiger partial charge in [0, 0.05) is 10.7 Å². The zero-order valence-electron chi connectivity index (χ0n) is 10.9. The normalized spacial score (nSPS) is 11.7. The van der Waals surface area contributed by atoms with Gasteiger partial charge in [-0.15, -0.1) is 0 Å². The first-order chi connectivity index (χ1) is 9.99. The van der Waals surface area contributed by atoms with E-state index in [0.717, 1.165) is 0 Å². The summed E-state index contributed by atoms with van der Waals surface area (Å²) in [5.41, 5.74) is 6.31. The number of carbonyl (C=O) groups is 2. The Kier molecular flexibility index (Phi) is 4.45. The van der Waals surface area contributed by atoms with Crippen LogP contribution in [-0.4, -0.2) is 17.0 Å². The lowest BCUT2D eigenvalue weighted by Crippen LogP contribution is -2.23. The van der Waals surface area contributed by atoms with E-state index in [0.29, 0.717) is 10.6 Å². The Hall–Kier alpha value is -2.53. The Bertz CT molecular complexity index is 674. The monoisotopic (exact) mass is 304 g/mol. The number of halogens is 1. The van der Waals surface area contributed by atoms with Crippen LogP contribution in [0.3, 0.4) is 0 Å². The highest BCUT2D eigenvalue weighted by Gasteiger charge is 2.21. The second kappa shape index (κ2) is 6.28. The Balaban J connectivity index is 2.40. The summed E-state index contributed by atoms with van der Waals surface area (Å²) in [6.45, 7) is 0. The molecule has 0 aliphatic carbocycles. The third kappa shape index (κ3) is 3.52. The zero-order valence-corrected chi connectivity index (χ0v) is 11.7. The number of hydrogen-bond acceptors (Lipinski definition) is 3. The minimum absolute atomic E-state index is 0.182. The SMILES string of the molecule is NC(=O)c1ccc(Cl)cc1NC(C(=O)O)c1ccccc1. The van der Waals surface area contributed by atoms with Crippen LogP contribution < -0.4 is 11.1 Å². The van der Waals surface area contributed by atoms with Crippen LogP contribution in [0.1, 0.15) is 22.0 Å². The number of carbonyl (C=O) groups excluding carboxylic acids is 1. The Labute approximate surface area is 126 Å². The van der Waals surface area contributed by atoms with Gasteiger partial charge >= 0.3 is 5.97 Å². The number of hydrogen-bond donors (Lipinski definition) is 3. The third-order valence-corrected chi connectivity index (χ3v) is 3.16. The van der Waals surface area contributed by atoms with Crippen molar-refractivity contribution in [2.75, 3.05) is 5.32 Å². The lowest BCUT2D eigenvalue weighted by molar-refractivity contribution is -0.138. The summed E-state index contributed by atoms with van der Waals surface area (Å²) in [7, 11) is 0. The van der Waals surface area contributed by atoms with Crippen LogP contribution in [0.4, 0.5) is 5.69 Å². The molecule has 6 heteroatoms. The van der Waals surface area contributed by atoms with Crippen LogP contribution in [-0.2, 0) is 4.79 Å². The number of carboxylic acids is 1. The molecule has 21 heavy (non-hydrogen) atoms. The molecule has 2 rings (SSSR count). The van der Waals surface area contributed by atoms with Gasteiger partial charge in [0.05, 0.1) is 5.56 Å². The molecule has 5 nitrogen and oxygen atoms in total. The number of carboxylic acid groups (broad SMARTS) is 1. The number of primary amides is 1. The summed E-state index contributed by atoms with van der Waals surface area (Å²) in [6.07, 6.45) is 0. The molecule has 0 bridgehead atoms. The van der Waals surface area contributed by atoms with Crippen LogP contribution in [0.5, 0.6) is 0 Å². The second-order valence-corrected chi connectivity index (χ2v) is 4.82. The van der Waals surface area contributed by atoms with E-state index < -0.39 is 17.9 Å². The smallest absolute Gasteiger partial charge is 0.330 e. The number of rotatable bonds is 5. The van der Waals surface area contributed by atoms with Crippen LogP contribution in [0.25, 0.3) is 0 Å². The molecule has 1 atom stereocenters. The van der Waals surface area contributed by atoms with Gasteiger partial charge in [-0.25, -0.2) is 4.79 Å². The average molecular weight is 305 g/mol. The van der Waals surface area contributed by atoms with Crippen molar-refractivity contribution in [2.24, 2.45) is 5.73 Å². The highest BCUT2D eigenvalue weighted by molar-refractivity contribution is 6.31. The maximum Gasteiger partial charge on any atom is 0.330 e. The molecular weight excluding hydrogens is 292 g/mol. The summed E-state index contributed by atoms with van der Waals surface area (Å²) >= 11 is 5.89. The Morgan fingerprint density at radius 2 is 1.81 bits per heavy atom. The highest BCUT2D eigenvalue weighted by Crippen LogP contribution is 2.26. The van der Waals surface area contributed by atoms with E-state index in [-0.39, 0.29) is 11.3 Å². The predicted octanol–water partition coefficient (Wildman–Crippen LogP) is 2.68. The average Bonchev–Trinajstić information content (AvgIpc) is 2.45. The van der Waals surface area contributed by atoms with E-state index in [2.05, 4.69) is 5.32 Å². The highest BCUT2D eigenvalue weighted by atomic mass is 35.5. The summed E-state index contributed by atoms with van der Waals surface area (Å²) in [5.74, 6) is -1.73. The molecule has 0 saturated carbocycles. The maximum absolute atomic E-state index is 11.5. The maximum atomic E-state index is 11.5. The van der Waals surface area contributed by atoms with Gasteiger partial charge in [0.1, 0.15) is 0 Å². The van der Waals surface area contributed by atoms with Crippen molar-refractivity contribution in [3.63, 3.8) is 0 Å². The second-order valence-electron chi connectivity index (χ2n) is 4.38. The van der Waals surface area contributed by atoms with E-state index in [1.165, 1.54) is 18.2 Å². The van der Waals surface area contributed by atoms with Gasteiger partial charge in [-0.3, -0.25) is 4.79 Å². The number of amides is 1. The molecule has 0 aromatic heterocycles. The van der Waals surface area contributed by atoms with Crippen molar-refractivity contribution in [2.45, 2.75) is 6.04 Å². The number of benzene rings is 2. The van der Waals surface area contributed by atoms with Crippen molar-refractivity contribution in [3.05, 3.63) is 64.7 Å². The first-order valence-electron chi connectivity index (χ1n) is 6.12. The van der Waals surface area contributed by atoms with Crippen molar-refractivity contribution in [1.82, 2.24) is 0 Å². The summed E-state index contributed by atoms with van der Waals surface area (Å²) in [4.78, 5) is 22.9. The molecule has 2 aromatic rings. The molecule has 108 valence electrons. The van der Waals surface area contributed by atoms with E-state index in [1.54, 1.807) is 30.3 Å². The summed E-state index contributed by atoms with van der Waals surface area (Å²) in [6, 6.07) is 12.1. The molecular formula is C15H13ClN2O3. The number of nitrogens with one attached hydrogen (secondary N) is 1. The molecule has 1 unspecified atom stereocenters. The standard InChI is InChI=1S/C15H13ClN2O3/c16-10-6-7-11(14(17)19)12(8-10)18-13(15(20)21)9-4-2-1-3-5-9/h1-8,13,18H,(H2,17,19)(H,20,21). The van der Waals surface area contributed by atoms with Gasteiger partial charge in [0.15, 0.2) is 6.04 Å². The summed E-state index contributed by atoms with van der Waals surface area (Å²) in [5, 5.41) is 12.6. The predicted molar refractivity (Wildman–Crippen MR) is 80.4 cm³/mol. The molecule has 0 aliphatic rings. The molecule has 1 amide bonds. The number of nitrogens with two attached hydrogens (primary N) is 1. The van der Waals surface area contributed by atoms with Crippen LogP contribution in [0, 0.1) is 0 Å². The molecule has 0 radical (unpaired) electrons. The van der Waals surface area contributed by atoms with Crippen molar-refractivity contribution in [1.29, 1.82) is 0 Å². The fourth-order valence-electron chi connectivity index (χ4n) is 1.94. The number of aliphatic carboxylic acids is 1. The molecule has 0 spiro atoms.